The molecule has 86 valence electrons. The third-order valence-corrected chi connectivity index (χ3v) is 2.84. The van der Waals surface area contributed by atoms with Gasteiger partial charge in [0, 0.05) is 17.9 Å². The number of hydrogen-bond acceptors (Lipinski definition) is 2. The van der Waals surface area contributed by atoms with E-state index in [9.17, 15) is 9.59 Å². The molecule has 0 aromatic heterocycles. The van der Waals surface area contributed by atoms with E-state index >= 15 is 0 Å². The Hall–Kier alpha value is -0.860. The van der Waals surface area contributed by atoms with Gasteiger partial charge in [-0.2, -0.15) is 0 Å². The molecule has 3 nitrogen and oxygen atoms in total. The van der Waals surface area contributed by atoms with Crippen LogP contribution in [0.1, 0.15) is 47.0 Å². The smallest absolute Gasteiger partial charge is 0.232 e. The maximum Gasteiger partial charge on any atom is 0.232 e. The molecule has 0 bridgehead atoms. The Balaban J connectivity index is 0.00000112. The first-order valence-corrected chi connectivity index (χ1v) is 5.48. The topological polar surface area (TPSA) is 37.4 Å². The van der Waals surface area contributed by atoms with Crippen molar-refractivity contribution in [3.8, 4) is 0 Å². The number of hydrogen-bond donors (Lipinski definition) is 0. The molecular formula is C12H21NO2. The Morgan fingerprint density at radius 2 is 1.33 bits per heavy atom. The van der Waals surface area contributed by atoms with Gasteiger partial charge in [0.25, 0.3) is 0 Å². The molecule has 0 aromatic rings. The molecule has 2 aliphatic carbocycles. The largest absolute Gasteiger partial charge is 0.280 e. The van der Waals surface area contributed by atoms with Crippen LogP contribution in [0.5, 0.6) is 0 Å². The molecule has 2 amide bonds. The number of imide groups is 1. The highest BCUT2D eigenvalue weighted by molar-refractivity contribution is 5.99. The zero-order valence-corrected chi connectivity index (χ0v) is 8.82. The van der Waals surface area contributed by atoms with Crippen LogP contribution in [0.2, 0.25) is 0 Å². The molecule has 0 unspecified atom stereocenters. The number of nitrogens with zero attached hydrogens (tertiary/aromatic N) is 1. The molecule has 0 N–H and O–H groups in total. The van der Waals surface area contributed by atoms with Gasteiger partial charge in [-0.25, -0.2) is 0 Å². The van der Waals surface area contributed by atoms with Crippen molar-refractivity contribution >= 4 is 11.8 Å². The van der Waals surface area contributed by atoms with Crippen molar-refractivity contribution in [2.24, 2.45) is 11.8 Å². The van der Waals surface area contributed by atoms with Crippen LogP contribution >= 0.6 is 0 Å². The number of carbonyl (C=O) groups excluding carboxylic acids is 2. The fraction of sp³-hybridized carbons (Fsp3) is 0.833. The zero-order chi connectivity index (χ0) is 10.3. The van der Waals surface area contributed by atoms with Crippen LogP contribution < -0.4 is 0 Å². The normalized spacial score (nSPS) is 19.7. The molecule has 2 rings (SSSR count). The standard InChI is InChI=1S/C11H17NO2.CH4/c1-7(2)12(10(13)8-3-4-8)11(14)9-5-6-9;/h7-9H,3-6H2,1-2H3;1H4. The lowest BCUT2D eigenvalue weighted by molar-refractivity contribution is -0.148. The van der Waals surface area contributed by atoms with Gasteiger partial charge < -0.3 is 0 Å². The van der Waals surface area contributed by atoms with Gasteiger partial charge in [-0.15, -0.1) is 0 Å². The molecule has 2 saturated carbocycles. The summed E-state index contributed by atoms with van der Waals surface area (Å²) >= 11 is 0. The minimum absolute atomic E-state index is 0. The van der Waals surface area contributed by atoms with E-state index in [4.69, 9.17) is 0 Å². The van der Waals surface area contributed by atoms with Gasteiger partial charge in [-0.3, -0.25) is 14.5 Å². The Morgan fingerprint density at radius 1 is 1.00 bits per heavy atom. The van der Waals surface area contributed by atoms with Crippen LogP contribution in [0.25, 0.3) is 0 Å². The molecule has 0 spiro atoms. The molecule has 0 atom stereocenters. The van der Waals surface area contributed by atoms with Crippen LogP contribution in [0.15, 0.2) is 0 Å². The average Bonchev–Trinajstić information content (AvgIpc) is 2.98. The molecule has 0 saturated heterocycles. The van der Waals surface area contributed by atoms with E-state index in [0.29, 0.717) is 0 Å². The molecule has 0 radical (unpaired) electrons. The fourth-order valence-corrected chi connectivity index (χ4v) is 1.67. The van der Waals surface area contributed by atoms with Crippen molar-refractivity contribution < 1.29 is 9.59 Å². The Labute approximate surface area is 91.8 Å². The lowest BCUT2D eigenvalue weighted by atomic mass is 10.2. The first kappa shape index (κ1) is 12.2. The Morgan fingerprint density at radius 3 is 1.53 bits per heavy atom. The number of rotatable bonds is 3. The summed E-state index contributed by atoms with van der Waals surface area (Å²) in [5, 5.41) is 0. The second-order valence-electron chi connectivity index (χ2n) is 4.69. The van der Waals surface area contributed by atoms with Gasteiger partial charge in [-0.05, 0) is 39.5 Å². The van der Waals surface area contributed by atoms with E-state index in [1.54, 1.807) is 0 Å². The highest BCUT2D eigenvalue weighted by atomic mass is 16.2. The fourth-order valence-electron chi connectivity index (χ4n) is 1.67. The quantitative estimate of drug-likeness (QED) is 0.671. The second-order valence-corrected chi connectivity index (χ2v) is 4.69. The Kier molecular flexibility index (Phi) is 3.53. The first-order chi connectivity index (χ1) is 6.61. The van der Waals surface area contributed by atoms with Crippen molar-refractivity contribution in [2.75, 3.05) is 0 Å². The minimum atomic E-state index is 0. The highest BCUT2D eigenvalue weighted by Gasteiger charge is 2.42. The summed E-state index contributed by atoms with van der Waals surface area (Å²) in [4.78, 5) is 25.1. The van der Waals surface area contributed by atoms with Crippen LogP contribution in [0, 0.1) is 11.8 Å². The molecule has 0 heterocycles. The third kappa shape index (κ3) is 2.58. The van der Waals surface area contributed by atoms with Crippen molar-refractivity contribution in [3.63, 3.8) is 0 Å². The predicted molar refractivity (Wildman–Crippen MR) is 59.2 cm³/mol. The van der Waals surface area contributed by atoms with Crippen molar-refractivity contribution in [3.05, 3.63) is 0 Å². The average molecular weight is 211 g/mol. The SMILES string of the molecule is C.CC(C)N(C(=O)C1CC1)C(=O)C1CC1. The van der Waals surface area contributed by atoms with Gasteiger partial charge in [0.1, 0.15) is 0 Å². The maximum atomic E-state index is 11.8. The van der Waals surface area contributed by atoms with Crippen LogP contribution in [-0.4, -0.2) is 22.8 Å². The van der Waals surface area contributed by atoms with E-state index in [0.717, 1.165) is 25.7 Å². The van der Waals surface area contributed by atoms with E-state index in [-0.39, 0.29) is 37.1 Å². The van der Waals surface area contributed by atoms with Crippen LogP contribution in [0.4, 0.5) is 0 Å². The molecule has 15 heavy (non-hydrogen) atoms. The summed E-state index contributed by atoms with van der Waals surface area (Å²) < 4.78 is 0. The van der Waals surface area contributed by atoms with Gasteiger partial charge in [-0.1, -0.05) is 7.43 Å². The summed E-state index contributed by atoms with van der Waals surface area (Å²) in [6.45, 7) is 3.83. The minimum Gasteiger partial charge on any atom is -0.280 e. The maximum absolute atomic E-state index is 11.8. The monoisotopic (exact) mass is 211 g/mol. The van der Waals surface area contributed by atoms with Crippen molar-refractivity contribution in [2.45, 2.75) is 53.0 Å². The summed E-state index contributed by atoms with van der Waals surface area (Å²) in [6, 6.07) is 0.0243. The molecule has 2 aliphatic rings. The summed E-state index contributed by atoms with van der Waals surface area (Å²) in [7, 11) is 0. The molecule has 3 heteroatoms. The molecule has 0 aliphatic heterocycles. The van der Waals surface area contributed by atoms with E-state index < -0.39 is 0 Å². The summed E-state index contributed by atoms with van der Waals surface area (Å²) in [5.41, 5.74) is 0. The number of carbonyl (C=O) groups is 2. The Bertz CT molecular complexity index is 241. The predicted octanol–water partition coefficient (Wildman–Crippen LogP) is 2.21. The number of amides is 2. The molecular weight excluding hydrogens is 190 g/mol. The van der Waals surface area contributed by atoms with Gasteiger partial charge in [0.05, 0.1) is 0 Å². The lowest BCUT2D eigenvalue weighted by Crippen LogP contribution is -2.43. The highest BCUT2D eigenvalue weighted by Crippen LogP contribution is 2.36. The molecule has 0 aromatic carbocycles. The van der Waals surface area contributed by atoms with E-state index in [1.807, 2.05) is 13.8 Å². The second kappa shape index (κ2) is 4.33. The molecule has 2 fully saturated rings. The van der Waals surface area contributed by atoms with Crippen LogP contribution in [-0.2, 0) is 9.59 Å². The summed E-state index contributed by atoms with van der Waals surface area (Å²) in [6.07, 6.45) is 3.89. The van der Waals surface area contributed by atoms with Gasteiger partial charge in [0.2, 0.25) is 11.8 Å². The summed E-state index contributed by atoms with van der Waals surface area (Å²) in [5.74, 6) is 0.439. The van der Waals surface area contributed by atoms with Gasteiger partial charge in [0.15, 0.2) is 0 Å². The zero-order valence-electron chi connectivity index (χ0n) is 8.82. The lowest BCUT2D eigenvalue weighted by Gasteiger charge is -2.24. The third-order valence-electron chi connectivity index (χ3n) is 2.84. The van der Waals surface area contributed by atoms with E-state index in [2.05, 4.69) is 0 Å². The first-order valence-electron chi connectivity index (χ1n) is 5.48. The van der Waals surface area contributed by atoms with Crippen molar-refractivity contribution in [1.82, 2.24) is 4.90 Å². The van der Waals surface area contributed by atoms with E-state index in [1.165, 1.54) is 4.90 Å². The van der Waals surface area contributed by atoms with Gasteiger partial charge >= 0.3 is 0 Å². The van der Waals surface area contributed by atoms with Crippen molar-refractivity contribution in [1.29, 1.82) is 0 Å². The van der Waals surface area contributed by atoms with Crippen LogP contribution in [0.3, 0.4) is 0 Å².